The third kappa shape index (κ3) is 1.90. The Hall–Kier alpha value is -1.29. The third-order valence-corrected chi connectivity index (χ3v) is 2.59. The Morgan fingerprint density at radius 1 is 1.53 bits per heavy atom. The lowest BCUT2D eigenvalue weighted by atomic mass is 10.1. The largest absolute Gasteiger partial charge is 0.483 e. The van der Waals surface area contributed by atoms with Crippen LogP contribution in [0.25, 0.3) is 0 Å². The molecule has 1 aromatic rings. The summed E-state index contributed by atoms with van der Waals surface area (Å²) in [5.74, 6) is -0.108. The molecule has 1 aliphatic rings. The van der Waals surface area contributed by atoms with E-state index in [9.17, 15) is 4.39 Å². The summed E-state index contributed by atoms with van der Waals surface area (Å²) in [6.07, 6.45) is 0.321. The second-order valence-corrected chi connectivity index (χ2v) is 3.72. The Labute approximate surface area is 87.9 Å². The van der Waals surface area contributed by atoms with Gasteiger partial charge < -0.3 is 15.2 Å². The van der Waals surface area contributed by atoms with Crippen LogP contribution in [-0.2, 0) is 0 Å². The van der Waals surface area contributed by atoms with Gasteiger partial charge in [0.2, 0.25) is 0 Å². The Bertz CT molecular complexity index is 356. The van der Waals surface area contributed by atoms with Crippen molar-refractivity contribution >= 4 is 5.69 Å². The molecule has 0 radical (unpaired) electrons. The molecule has 1 heterocycles. The Morgan fingerprint density at radius 2 is 2.33 bits per heavy atom. The number of nitrogens with one attached hydrogen (secondary N) is 1. The molecule has 15 heavy (non-hydrogen) atoms. The minimum Gasteiger partial charge on any atom is -0.483 e. The van der Waals surface area contributed by atoms with E-state index in [1.54, 1.807) is 12.1 Å². The topological polar surface area (TPSA) is 41.5 Å². The van der Waals surface area contributed by atoms with Crippen molar-refractivity contribution in [2.24, 2.45) is 0 Å². The van der Waals surface area contributed by atoms with E-state index in [0.29, 0.717) is 12.1 Å². The zero-order chi connectivity index (χ0) is 10.8. The number of rotatable bonds is 2. The van der Waals surface area contributed by atoms with Gasteiger partial charge in [-0.05, 0) is 19.1 Å². The molecule has 0 bridgehead atoms. The number of hydrogen-bond acceptors (Lipinski definition) is 3. The molecule has 0 saturated carbocycles. The molecule has 2 unspecified atom stereocenters. The van der Waals surface area contributed by atoms with Crippen molar-refractivity contribution in [1.82, 2.24) is 0 Å². The van der Waals surface area contributed by atoms with Gasteiger partial charge in [-0.15, -0.1) is 0 Å². The number of fused-ring (bicyclic) bond motifs is 1. The second kappa shape index (κ2) is 4.06. The molecule has 0 amide bonds. The molecule has 4 heteroatoms. The van der Waals surface area contributed by atoms with Gasteiger partial charge in [-0.1, -0.05) is 6.07 Å². The fraction of sp³-hybridized carbons (Fsp3) is 0.455. The highest BCUT2D eigenvalue weighted by Crippen LogP contribution is 2.34. The summed E-state index contributed by atoms with van der Waals surface area (Å²) >= 11 is 0. The number of para-hydroxylation sites is 1. The van der Waals surface area contributed by atoms with Crippen LogP contribution < -0.4 is 10.1 Å². The van der Waals surface area contributed by atoms with Gasteiger partial charge in [0.15, 0.2) is 11.6 Å². The van der Waals surface area contributed by atoms with Gasteiger partial charge in [0.1, 0.15) is 6.10 Å². The standard InChI is InChI=1S/C11H14FNO2/c1-7-10(5-6-14)15-11-8(12)3-2-4-9(11)13-7/h2-4,7,10,13-14H,5-6H2,1H3. The summed E-state index contributed by atoms with van der Waals surface area (Å²) < 4.78 is 18.9. The monoisotopic (exact) mass is 211 g/mol. The summed E-state index contributed by atoms with van der Waals surface area (Å²) in [7, 11) is 0. The van der Waals surface area contributed by atoms with Gasteiger partial charge in [0.25, 0.3) is 0 Å². The predicted molar refractivity (Wildman–Crippen MR) is 55.6 cm³/mol. The maximum absolute atomic E-state index is 13.4. The van der Waals surface area contributed by atoms with Crippen LogP contribution in [0.4, 0.5) is 10.1 Å². The molecule has 2 rings (SSSR count). The van der Waals surface area contributed by atoms with E-state index in [1.807, 2.05) is 6.92 Å². The highest BCUT2D eigenvalue weighted by Gasteiger charge is 2.27. The van der Waals surface area contributed by atoms with Gasteiger partial charge in [-0.25, -0.2) is 4.39 Å². The van der Waals surface area contributed by atoms with E-state index in [4.69, 9.17) is 9.84 Å². The van der Waals surface area contributed by atoms with E-state index in [2.05, 4.69) is 5.32 Å². The average Bonchev–Trinajstić information content (AvgIpc) is 2.21. The highest BCUT2D eigenvalue weighted by atomic mass is 19.1. The minimum atomic E-state index is -0.366. The van der Waals surface area contributed by atoms with Crippen LogP contribution in [0.1, 0.15) is 13.3 Å². The smallest absolute Gasteiger partial charge is 0.178 e. The summed E-state index contributed by atoms with van der Waals surface area (Å²) in [5, 5.41) is 12.0. The van der Waals surface area contributed by atoms with E-state index < -0.39 is 0 Å². The zero-order valence-electron chi connectivity index (χ0n) is 8.53. The molecule has 2 atom stereocenters. The summed E-state index contributed by atoms with van der Waals surface area (Å²) in [6.45, 7) is 1.99. The Balaban J connectivity index is 2.26. The maximum Gasteiger partial charge on any atom is 0.178 e. The average molecular weight is 211 g/mol. The van der Waals surface area contributed by atoms with Crippen LogP contribution in [0.2, 0.25) is 0 Å². The van der Waals surface area contributed by atoms with Crippen LogP contribution in [0.15, 0.2) is 18.2 Å². The van der Waals surface area contributed by atoms with Crippen molar-refractivity contribution in [3.8, 4) is 5.75 Å². The quantitative estimate of drug-likeness (QED) is 0.783. The zero-order valence-corrected chi connectivity index (χ0v) is 8.53. The number of hydrogen-bond donors (Lipinski definition) is 2. The highest BCUT2D eigenvalue weighted by molar-refractivity contribution is 5.59. The number of aliphatic hydroxyl groups excluding tert-OH is 1. The van der Waals surface area contributed by atoms with Crippen LogP contribution >= 0.6 is 0 Å². The van der Waals surface area contributed by atoms with E-state index in [0.717, 1.165) is 0 Å². The van der Waals surface area contributed by atoms with E-state index >= 15 is 0 Å². The second-order valence-electron chi connectivity index (χ2n) is 3.72. The fourth-order valence-corrected chi connectivity index (χ4v) is 1.77. The van der Waals surface area contributed by atoms with Crippen molar-refractivity contribution in [2.75, 3.05) is 11.9 Å². The lowest BCUT2D eigenvalue weighted by Crippen LogP contribution is -2.40. The number of ether oxygens (including phenoxy) is 1. The Morgan fingerprint density at radius 3 is 3.07 bits per heavy atom. The first-order valence-corrected chi connectivity index (χ1v) is 5.05. The van der Waals surface area contributed by atoms with Crippen LogP contribution in [-0.4, -0.2) is 23.9 Å². The number of aliphatic hydroxyl groups is 1. The SMILES string of the molecule is CC1Nc2cccc(F)c2OC1CCO. The molecule has 0 fully saturated rings. The molecular weight excluding hydrogens is 197 g/mol. The van der Waals surface area contributed by atoms with Crippen LogP contribution in [0.5, 0.6) is 5.75 Å². The van der Waals surface area contributed by atoms with Crippen molar-refractivity contribution in [3.05, 3.63) is 24.0 Å². The first kappa shape index (κ1) is 10.2. The van der Waals surface area contributed by atoms with Gasteiger partial charge in [-0.3, -0.25) is 0 Å². The number of benzene rings is 1. The lowest BCUT2D eigenvalue weighted by molar-refractivity contribution is 0.129. The molecule has 0 aliphatic carbocycles. The summed E-state index contributed by atoms with van der Waals surface area (Å²) in [5.41, 5.74) is 0.677. The van der Waals surface area contributed by atoms with E-state index in [-0.39, 0.29) is 30.3 Å². The van der Waals surface area contributed by atoms with Gasteiger partial charge in [0.05, 0.1) is 11.7 Å². The molecule has 0 saturated heterocycles. The van der Waals surface area contributed by atoms with E-state index in [1.165, 1.54) is 6.07 Å². The lowest BCUT2D eigenvalue weighted by Gasteiger charge is -2.32. The summed E-state index contributed by atoms with van der Waals surface area (Å²) in [6, 6.07) is 4.87. The minimum absolute atomic E-state index is 0.0421. The molecule has 3 nitrogen and oxygen atoms in total. The Kier molecular flexibility index (Phi) is 2.77. The van der Waals surface area contributed by atoms with Crippen molar-refractivity contribution in [3.63, 3.8) is 0 Å². The molecule has 0 spiro atoms. The maximum atomic E-state index is 13.4. The number of anilines is 1. The number of halogens is 1. The van der Waals surface area contributed by atoms with Crippen LogP contribution in [0, 0.1) is 5.82 Å². The van der Waals surface area contributed by atoms with Crippen molar-refractivity contribution in [1.29, 1.82) is 0 Å². The first-order valence-electron chi connectivity index (χ1n) is 5.05. The van der Waals surface area contributed by atoms with Gasteiger partial charge in [0, 0.05) is 13.0 Å². The normalized spacial score (nSPS) is 23.9. The van der Waals surface area contributed by atoms with Crippen molar-refractivity contribution < 1.29 is 14.2 Å². The molecule has 82 valence electrons. The summed E-state index contributed by atoms with van der Waals surface area (Å²) in [4.78, 5) is 0. The fourth-order valence-electron chi connectivity index (χ4n) is 1.77. The molecule has 2 N–H and O–H groups in total. The van der Waals surface area contributed by atoms with Gasteiger partial charge in [-0.2, -0.15) is 0 Å². The molecule has 1 aliphatic heterocycles. The van der Waals surface area contributed by atoms with Crippen LogP contribution in [0.3, 0.4) is 0 Å². The molecule has 1 aromatic carbocycles. The third-order valence-electron chi connectivity index (χ3n) is 2.59. The van der Waals surface area contributed by atoms with Crippen molar-refractivity contribution in [2.45, 2.75) is 25.5 Å². The molecular formula is C11H14FNO2. The first-order chi connectivity index (χ1) is 7.22. The predicted octanol–water partition coefficient (Wildman–Crippen LogP) is 1.77. The van der Waals surface area contributed by atoms with Gasteiger partial charge >= 0.3 is 0 Å². The molecule has 0 aromatic heterocycles.